The van der Waals surface area contributed by atoms with Gasteiger partial charge in [-0.1, -0.05) is 52.7 Å². The molecule has 102 valence electrons. The lowest BCUT2D eigenvalue weighted by Crippen LogP contribution is -3.00. The van der Waals surface area contributed by atoms with Gasteiger partial charge in [0, 0.05) is 0 Å². The van der Waals surface area contributed by atoms with Crippen LogP contribution in [0.3, 0.4) is 0 Å². The Bertz CT molecular complexity index is 228. The Morgan fingerprint density at radius 1 is 0.882 bits per heavy atom. The SMILES string of the molecule is CCCC(C)C1=CCC=C1C(C)CCC.[Cl-].[Cl-]. The molecule has 0 fully saturated rings. The molecule has 17 heavy (non-hydrogen) atoms. The Morgan fingerprint density at radius 3 is 1.53 bits per heavy atom. The van der Waals surface area contributed by atoms with E-state index in [1.165, 1.54) is 32.1 Å². The molecule has 2 atom stereocenters. The highest BCUT2D eigenvalue weighted by molar-refractivity contribution is 5.39. The first-order chi connectivity index (χ1) is 7.20. The average Bonchev–Trinajstić information content (AvgIpc) is 2.66. The summed E-state index contributed by atoms with van der Waals surface area (Å²) < 4.78 is 0. The molecule has 0 saturated heterocycles. The summed E-state index contributed by atoms with van der Waals surface area (Å²) in [5.74, 6) is 1.53. The first-order valence-electron chi connectivity index (χ1n) is 6.61. The number of halogens is 2. The van der Waals surface area contributed by atoms with E-state index in [0.29, 0.717) is 0 Å². The number of hydrogen-bond donors (Lipinski definition) is 0. The van der Waals surface area contributed by atoms with Gasteiger partial charge >= 0.3 is 0 Å². The van der Waals surface area contributed by atoms with Gasteiger partial charge in [0.15, 0.2) is 0 Å². The van der Waals surface area contributed by atoms with E-state index in [0.717, 1.165) is 11.8 Å². The summed E-state index contributed by atoms with van der Waals surface area (Å²) in [7, 11) is 0. The van der Waals surface area contributed by atoms with E-state index in [1.54, 1.807) is 11.1 Å². The van der Waals surface area contributed by atoms with Gasteiger partial charge in [0.05, 0.1) is 0 Å². The molecular formula is C15H26Cl2-2. The lowest BCUT2D eigenvalue weighted by molar-refractivity contribution is -0.00100. The second kappa shape index (κ2) is 10.0. The molecule has 0 saturated carbocycles. The summed E-state index contributed by atoms with van der Waals surface area (Å²) >= 11 is 0. The third-order valence-electron chi connectivity index (χ3n) is 3.51. The Balaban J connectivity index is 0. The molecule has 2 unspecified atom stereocenters. The van der Waals surface area contributed by atoms with Crippen molar-refractivity contribution in [1.82, 2.24) is 0 Å². The summed E-state index contributed by atoms with van der Waals surface area (Å²) in [5.41, 5.74) is 3.30. The fraction of sp³-hybridized carbons (Fsp3) is 0.733. The summed E-state index contributed by atoms with van der Waals surface area (Å²) in [6.45, 7) is 9.33. The molecule has 0 amide bonds. The number of allylic oxidation sites excluding steroid dienone is 4. The monoisotopic (exact) mass is 276 g/mol. The van der Waals surface area contributed by atoms with Crippen LogP contribution in [0, 0.1) is 11.8 Å². The van der Waals surface area contributed by atoms with E-state index in [-0.39, 0.29) is 24.8 Å². The molecule has 0 aromatic heterocycles. The maximum absolute atomic E-state index is 2.45. The highest BCUT2D eigenvalue weighted by Crippen LogP contribution is 2.35. The molecule has 0 heterocycles. The maximum Gasteiger partial charge on any atom is -0.0157 e. The van der Waals surface area contributed by atoms with Crippen LogP contribution in [0.4, 0.5) is 0 Å². The lowest BCUT2D eigenvalue weighted by Gasteiger charge is -2.20. The third kappa shape index (κ3) is 5.48. The van der Waals surface area contributed by atoms with Crippen molar-refractivity contribution in [3.8, 4) is 0 Å². The van der Waals surface area contributed by atoms with Crippen LogP contribution >= 0.6 is 0 Å². The molecule has 0 aliphatic heterocycles. The molecule has 1 aliphatic rings. The van der Waals surface area contributed by atoms with Gasteiger partial charge in [-0.3, -0.25) is 0 Å². The molecule has 1 rings (SSSR count). The Labute approximate surface area is 120 Å². The fourth-order valence-corrected chi connectivity index (χ4v) is 2.70. The van der Waals surface area contributed by atoms with Gasteiger partial charge in [-0.15, -0.1) is 0 Å². The van der Waals surface area contributed by atoms with Crippen LogP contribution in [-0.4, -0.2) is 0 Å². The molecule has 1 aliphatic carbocycles. The normalized spacial score (nSPS) is 17.4. The predicted molar refractivity (Wildman–Crippen MR) is 68.9 cm³/mol. The maximum atomic E-state index is 2.45. The molecule has 0 aromatic rings. The van der Waals surface area contributed by atoms with Crippen molar-refractivity contribution in [2.45, 2.75) is 59.8 Å². The van der Waals surface area contributed by atoms with Crippen LogP contribution in [-0.2, 0) is 0 Å². The molecule has 0 aromatic carbocycles. The molecule has 0 radical (unpaired) electrons. The summed E-state index contributed by atoms with van der Waals surface area (Å²) in [6, 6.07) is 0. The minimum Gasteiger partial charge on any atom is -1.00 e. The van der Waals surface area contributed by atoms with Crippen molar-refractivity contribution < 1.29 is 24.8 Å². The first-order valence-corrected chi connectivity index (χ1v) is 6.61. The van der Waals surface area contributed by atoms with Crippen LogP contribution in [0.25, 0.3) is 0 Å². The highest BCUT2D eigenvalue weighted by Gasteiger charge is 2.19. The van der Waals surface area contributed by atoms with Crippen molar-refractivity contribution in [2.24, 2.45) is 11.8 Å². The van der Waals surface area contributed by atoms with Crippen molar-refractivity contribution in [2.75, 3.05) is 0 Å². The molecule has 2 heteroatoms. The fourth-order valence-electron chi connectivity index (χ4n) is 2.70. The van der Waals surface area contributed by atoms with E-state index in [1.807, 2.05) is 0 Å². The minimum atomic E-state index is 0. The molecule has 0 N–H and O–H groups in total. The van der Waals surface area contributed by atoms with Gasteiger partial charge < -0.3 is 24.8 Å². The summed E-state index contributed by atoms with van der Waals surface area (Å²) in [5, 5.41) is 0. The van der Waals surface area contributed by atoms with Gasteiger partial charge in [-0.25, -0.2) is 0 Å². The predicted octanol–water partition coefficient (Wildman–Crippen LogP) is -0.877. The van der Waals surface area contributed by atoms with Crippen molar-refractivity contribution in [3.63, 3.8) is 0 Å². The molecular weight excluding hydrogens is 251 g/mol. The largest absolute Gasteiger partial charge is 1.00 e. The van der Waals surface area contributed by atoms with Gasteiger partial charge in [0.2, 0.25) is 0 Å². The molecule has 0 spiro atoms. The van der Waals surface area contributed by atoms with E-state index in [9.17, 15) is 0 Å². The van der Waals surface area contributed by atoms with E-state index >= 15 is 0 Å². The van der Waals surface area contributed by atoms with Crippen LogP contribution in [0.15, 0.2) is 23.3 Å². The number of hydrogen-bond acceptors (Lipinski definition) is 0. The van der Waals surface area contributed by atoms with Gasteiger partial charge in [0.25, 0.3) is 0 Å². The Morgan fingerprint density at radius 2 is 1.24 bits per heavy atom. The van der Waals surface area contributed by atoms with Crippen LogP contribution < -0.4 is 24.8 Å². The highest BCUT2D eigenvalue weighted by atomic mass is 35.5. The Hall–Kier alpha value is 0.0600. The van der Waals surface area contributed by atoms with E-state index < -0.39 is 0 Å². The van der Waals surface area contributed by atoms with Crippen molar-refractivity contribution in [3.05, 3.63) is 23.3 Å². The first kappa shape index (κ1) is 19.4. The zero-order valence-corrected chi connectivity index (χ0v) is 13.1. The average molecular weight is 277 g/mol. The zero-order chi connectivity index (χ0) is 11.3. The summed E-state index contributed by atoms with van der Waals surface area (Å²) in [4.78, 5) is 0. The van der Waals surface area contributed by atoms with Crippen molar-refractivity contribution in [1.29, 1.82) is 0 Å². The van der Waals surface area contributed by atoms with Crippen LogP contribution in [0.2, 0.25) is 0 Å². The lowest BCUT2D eigenvalue weighted by atomic mass is 9.85. The topological polar surface area (TPSA) is 0 Å². The Kier molecular flexibility index (Phi) is 11.4. The third-order valence-corrected chi connectivity index (χ3v) is 3.51. The van der Waals surface area contributed by atoms with E-state index in [4.69, 9.17) is 0 Å². The molecule has 0 nitrogen and oxygen atoms in total. The van der Waals surface area contributed by atoms with E-state index in [2.05, 4.69) is 39.8 Å². The minimum absolute atomic E-state index is 0. The van der Waals surface area contributed by atoms with Crippen LogP contribution in [0.5, 0.6) is 0 Å². The summed E-state index contributed by atoms with van der Waals surface area (Å²) in [6.07, 6.45) is 11.3. The van der Waals surface area contributed by atoms with Gasteiger partial charge in [0.1, 0.15) is 0 Å². The molecule has 0 bridgehead atoms. The van der Waals surface area contributed by atoms with Gasteiger partial charge in [-0.2, -0.15) is 0 Å². The standard InChI is InChI=1S/C15H26.2ClH/c1-5-8-12(3)14-10-7-11-15(14)13(4)9-6-2;;/h10-13H,5-9H2,1-4H3;2*1H/p-2. The smallest absolute Gasteiger partial charge is 0.0157 e. The quantitative estimate of drug-likeness (QED) is 0.592. The van der Waals surface area contributed by atoms with Crippen LogP contribution in [0.1, 0.15) is 59.8 Å². The van der Waals surface area contributed by atoms with Gasteiger partial charge in [-0.05, 0) is 42.2 Å². The second-order valence-electron chi connectivity index (χ2n) is 4.93. The second-order valence-corrected chi connectivity index (χ2v) is 4.93. The zero-order valence-electron chi connectivity index (χ0n) is 11.6. The number of rotatable bonds is 6. The van der Waals surface area contributed by atoms with Crippen molar-refractivity contribution >= 4 is 0 Å².